The highest BCUT2D eigenvalue weighted by atomic mass is 16.5. The van der Waals surface area contributed by atoms with Crippen LogP contribution in [0.3, 0.4) is 0 Å². The summed E-state index contributed by atoms with van der Waals surface area (Å²) in [6.45, 7) is 4.14. The van der Waals surface area contributed by atoms with Crippen LogP contribution in [0.25, 0.3) is 0 Å². The molecule has 2 aromatic carbocycles. The third-order valence-corrected chi connectivity index (χ3v) is 3.92. The fourth-order valence-electron chi connectivity index (χ4n) is 2.41. The zero-order valence-corrected chi connectivity index (χ0v) is 15.0. The Hall–Kier alpha value is -2.53. The highest BCUT2D eigenvalue weighted by molar-refractivity contribution is 6.04. The minimum Gasteiger partial charge on any atom is -0.492 e. The highest BCUT2D eigenvalue weighted by Gasteiger charge is 2.07. The van der Waals surface area contributed by atoms with Crippen LogP contribution in [0, 0.1) is 0 Å². The molecular formula is C20H27N3O2. The summed E-state index contributed by atoms with van der Waals surface area (Å²) in [6.07, 6.45) is 2.32. The first-order valence-electron chi connectivity index (χ1n) is 8.69. The van der Waals surface area contributed by atoms with Crippen molar-refractivity contribution < 1.29 is 9.53 Å². The first kappa shape index (κ1) is 18.8. The number of rotatable bonds is 9. The summed E-state index contributed by atoms with van der Waals surface area (Å²) in [7, 11) is 2.07. The molecule has 2 aromatic rings. The highest BCUT2D eigenvalue weighted by Crippen LogP contribution is 2.18. The molecule has 0 unspecified atom stereocenters. The van der Waals surface area contributed by atoms with E-state index < -0.39 is 0 Å². The number of nitrogens with two attached hydrogens (primary N) is 1. The molecule has 0 fully saturated rings. The van der Waals surface area contributed by atoms with E-state index in [1.165, 1.54) is 6.42 Å². The van der Waals surface area contributed by atoms with Crippen LogP contribution in [0.2, 0.25) is 0 Å². The van der Waals surface area contributed by atoms with Gasteiger partial charge in [0.1, 0.15) is 12.4 Å². The van der Waals surface area contributed by atoms with E-state index in [-0.39, 0.29) is 5.91 Å². The van der Waals surface area contributed by atoms with Gasteiger partial charge in [0.15, 0.2) is 0 Å². The van der Waals surface area contributed by atoms with Gasteiger partial charge in [0, 0.05) is 37.1 Å². The number of nitrogens with one attached hydrogen (secondary N) is 1. The van der Waals surface area contributed by atoms with Crippen LogP contribution in [0.4, 0.5) is 11.4 Å². The van der Waals surface area contributed by atoms with Gasteiger partial charge in [0.25, 0.3) is 5.91 Å². The maximum atomic E-state index is 12.4. The fraction of sp³-hybridized carbons (Fsp3) is 0.350. The van der Waals surface area contributed by atoms with E-state index in [4.69, 9.17) is 10.5 Å². The molecule has 0 saturated heterocycles. The molecule has 0 aromatic heterocycles. The normalized spacial score (nSPS) is 10.4. The van der Waals surface area contributed by atoms with E-state index in [0.717, 1.165) is 30.1 Å². The van der Waals surface area contributed by atoms with Crippen molar-refractivity contribution >= 4 is 17.3 Å². The van der Waals surface area contributed by atoms with E-state index in [2.05, 4.69) is 24.2 Å². The van der Waals surface area contributed by atoms with E-state index in [1.54, 1.807) is 0 Å². The van der Waals surface area contributed by atoms with Crippen LogP contribution in [0.5, 0.6) is 5.75 Å². The van der Waals surface area contributed by atoms with Crippen LogP contribution in [0.15, 0.2) is 48.5 Å². The minimum atomic E-state index is -0.126. The van der Waals surface area contributed by atoms with Gasteiger partial charge < -0.3 is 20.7 Å². The molecule has 3 N–H and O–H groups in total. The molecular weight excluding hydrogens is 314 g/mol. The van der Waals surface area contributed by atoms with Gasteiger partial charge in [0.2, 0.25) is 0 Å². The van der Waals surface area contributed by atoms with Crippen molar-refractivity contribution in [3.8, 4) is 5.75 Å². The number of unbranched alkanes of at least 4 members (excludes halogenated alkanes) is 1. The lowest BCUT2D eigenvalue weighted by Gasteiger charge is -2.19. The zero-order chi connectivity index (χ0) is 18.1. The summed E-state index contributed by atoms with van der Waals surface area (Å²) >= 11 is 0. The predicted octanol–water partition coefficient (Wildman–Crippen LogP) is 3.51. The fourth-order valence-corrected chi connectivity index (χ4v) is 2.41. The number of hydrogen-bond acceptors (Lipinski definition) is 4. The van der Waals surface area contributed by atoms with Crippen LogP contribution in [-0.4, -0.2) is 32.7 Å². The molecule has 0 spiro atoms. The molecule has 5 heteroatoms. The number of nitrogens with zero attached hydrogens (tertiary/aromatic N) is 1. The van der Waals surface area contributed by atoms with Crippen molar-refractivity contribution in [1.82, 2.24) is 0 Å². The van der Waals surface area contributed by atoms with Crippen molar-refractivity contribution in [1.29, 1.82) is 0 Å². The minimum absolute atomic E-state index is 0.126. The second-order valence-electron chi connectivity index (χ2n) is 5.94. The molecule has 25 heavy (non-hydrogen) atoms. The van der Waals surface area contributed by atoms with Gasteiger partial charge in [-0.2, -0.15) is 0 Å². The molecule has 0 aliphatic heterocycles. The van der Waals surface area contributed by atoms with Gasteiger partial charge in [-0.05, 0) is 55.0 Å². The lowest BCUT2D eigenvalue weighted by atomic mass is 10.1. The lowest BCUT2D eigenvalue weighted by Crippen LogP contribution is -2.18. The standard InChI is InChI=1S/C20H27N3O2/c1-3-4-14-23(2)18-9-5-16(6-10-18)20(24)22-17-7-11-19(12-8-17)25-15-13-21/h5-12H,3-4,13-15,21H2,1-2H3,(H,22,24). The van der Waals surface area contributed by atoms with Crippen LogP contribution >= 0.6 is 0 Å². The number of amides is 1. The summed E-state index contributed by atoms with van der Waals surface area (Å²) in [6, 6.07) is 14.9. The summed E-state index contributed by atoms with van der Waals surface area (Å²) in [4.78, 5) is 14.6. The van der Waals surface area contributed by atoms with Gasteiger partial charge in [0.05, 0.1) is 0 Å². The van der Waals surface area contributed by atoms with Gasteiger partial charge in [-0.25, -0.2) is 0 Å². The second-order valence-corrected chi connectivity index (χ2v) is 5.94. The monoisotopic (exact) mass is 341 g/mol. The van der Waals surface area contributed by atoms with Crippen molar-refractivity contribution in [3.05, 3.63) is 54.1 Å². The van der Waals surface area contributed by atoms with Gasteiger partial charge in [-0.1, -0.05) is 13.3 Å². The Morgan fingerprint density at radius 2 is 1.80 bits per heavy atom. The Morgan fingerprint density at radius 1 is 1.12 bits per heavy atom. The van der Waals surface area contributed by atoms with Gasteiger partial charge in [-0.15, -0.1) is 0 Å². The first-order valence-corrected chi connectivity index (χ1v) is 8.69. The van der Waals surface area contributed by atoms with Gasteiger partial charge >= 0.3 is 0 Å². The lowest BCUT2D eigenvalue weighted by molar-refractivity contribution is 0.102. The number of hydrogen-bond donors (Lipinski definition) is 2. The zero-order valence-electron chi connectivity index (χ0n) is 15.0. The maximum Gasteiger partial charge on any atom is 0.255 e. The summed E-state index contributed by atoms with van der Waals surface area (Å²) in [5.74, 6) is 0.612. The molecule has 2 rings (SSSR count). The molecule has 0 atom stereocenters. The number of carbonyl (C=O) groups is 1. The largest absolute Gasteiger partial charge is 0.492 e. The molecule has 0 heterocycles. The van der Waals surface area contributed by atoms with E-state index in [9.17, 15) is 4.79 Å². The van der Waals surface area contributed by atoms with Crippen LogP contribution < -0.4 is 20.7 Å². The smallest absolute Gasteiger partial charge is 0.255 e. The number of anilines is 2. The van der Waals surface area contributed by atoms with Crippen molar-refractivity contribution in [3.63, 3.8) is 0 Å². The SMILES string of the molecule is CCCCN(C)c1ccc(C(=O)Nc2ccc(OCCN)cc2)cc1. The van der Waals surface area contributed by atoms with Crippen LogP contribution in [-0.2, 0) is 0 Å². The summed E-state index contributed by atoms with van der Waals surface area (Å²) < 4.78 is 5.42. The predicted molar refractivity (Wildman–Crippen MR) is 104 cm³/mol. The Labute approximate surface area is 149 Å². The topological polar surface area (TPSA) is 67.6 Å². The van der Waals surface area contributed by atoms with Gasteiger partial charge in [-0.3, -0.25) is 4.79 Å². The Kier molecular flexibility index (Phi) is 7.29. The van der Waals surface area contributed by atoms with Crippen molar-refractivity contribution in [2.24, 2.45) is 5.73 Å². The van der Waals surface area contributed by atoms with Crippen molar-refractivity contribution in [2.75, 3.05) is 37.0 Å². The van der Waals surface area contributed by atoms with E-state index in [1.807, 2.05) is 48.5 Å². The molecule has 0 bridgehead atoms. The average molecular weight is 341 g/mol. The van der Waals surface area contributed by atoms with E-state index >= 15 is 0 Å². The molecule has 0 aliphatic rings. The first-order chi connectivity index (χ1) is 12.1. The molecule has 5 nitrogen and oxygen atoms in total. The molecule has 0 aliphatic carbocycles. The maximum absolute atomic E-state index is 12.4. The Morgan fingerprint density at radius 3 is 2.40 bits per heavy atom. The number of benzene rings is 2. The number of carbonyl (C=O) groups excluding carboxylic acids is 1. The molecule has 1 amide bonds. The quantitative estimate of drug-likeness (QED) is 0.732. The second kappa shape index (κ2) is 9.69. The third-order valence-electron chi connectivity index (χ3n) is 3.92. The van der Waals surface area contributed by atoms with Crippen molar-refractivity contribution in [2.45, 2.75) is 19.8 Å². The summed E-state index contributed by atoms with van der Waals surface area (Å²) in [5, 5.41) is 2.89. The molecule has 0 radical (unpaired) electrons. The average Bonchev–Trinajstić information content (AvgIpc) is 2.65. The third kappa shape index (κ3) is 5.80. The molecule has 0 saturated carbocycles. The summed E-state index contributed by atoms with van der Waals surface area (Å²) in [5.41, 5.74) is 7.89. The van der Waals surface area contributed by atoms with Crippen LogP contribution in [0.1, 0.15) is 30.1 Å². The Balaban J connectivity index is 1.94. The Bertz CT molecular complexity index is 654. The molecule has 134 valence electrons. The number of ether oxygens (including phenoxy) is 1. The van der Waals surface area contributed by atoms with E-state index in [0.29, 0.717) is 18.7 Å².